The summed E-state index contributed by atoms with van der Waals surface area (Å²) in [6.45, 7) is 7.25. The molecule has 0 aliphatic heterocycles. The maximum absolute atomic E-state index is 9.53. The summed E-state index contributed by atoms with van der Waals surface area (Å²) in [6, 6.07) is 0. The van der Waals surface area contributed by atoms with Gasteiger partial charge in [0.05, 0.1) is 0 Å². The highest BCUT2D eigenvalue weighted by Gasteiger charge is 2.13. The van der Waals surface area contributed by atoms with Gasteiger partial charge in [-0.05, 0) is 31.7 Å². The van der Waals surface area contributed by atoms with Crippen LogP contribution in [0.1, 0.15) is 40.0 Å². The van der Waals surface area contributed by atoms with Gasteiger partial charge in [-0.1, -0.05) is 20.8 Å². The summed E-state index contributed by atoms with van der Waals surface area (Å²) in [5.41, 5.74) is 0. The average Bonchev–Trinajstić information content (AvgIpc) is 2.03. The van der Waals surface area contributed by atoms with Crippen molar-refractivity contribution in [3.05, 3.63) is 0 Å². The zero-order chi connectivity index (χ0) is 8.69. The van der Waals surface area contributed by atoms with Crippen LogP contribution in [0.15, 0.2) is 0 Å². The van der Waals surface area contributed by atoms with E-state index in [0.29, 0.717) is 5.92 Å². The van der Waals surface area contributed by atoms with Gasteiger partial charge in [0, 0.05) is 0 Å². The van der Waals surface area contributed by atoms with Gasteiger partial charge in [0.15, 0.2) is 0 Å². The maximum Gasteiger partial charge on any atom is 0.107 e. The number of hydrogen-bond donors (Lipinski definition) is 2. The van der Waals surface area contributed by atoms with E-state index in [0.717, 1.165) is 25.8 Å². The second-order valence-corrected chi connectivity index (χ2v) is 2.98. The maximum atomic E-state index is 9.53. The SMILES string of the molecule is CCCNC(O)C(CC)CC. The van der Waals surface area contributed by atoms with Gasteiger partial charge in [0.25, 0.3) is 0 Å². The lowest BCUT2D eigenvalue weighted by Crippen LogP contribution is -2.35. The molecule has 0 aromatic heterocycles. The van der Waals surface area contributed by atoms with Crippen molar-refractivity contribution in [3.8, 4) is 0 Å². The fourth-order valence-corrected chi connectivity index (χ4v) is 1.19. The first-order valence-corrected chi connectivity index (χ1v) is 4.67. The minimum atomic E-state index is -0.301. The van der Waals surface area contributed by atoms with Crippen molar-refractivity contribution >= 4 is 0 Å². The molecule has 68 valence electrons. The van der Waals surface area contributed by atoms with Crippen molar-refractivity contribution in [2.75, 3.05) is 6.54 Å². The summed E-state index contributed by atoms with van der Waals surface area (Å²) in [4.78, 5) is 0. The third-order valence-corrected chi connectivity index (χ3v) is 2.10. The molecule has 0 aromatic carbocycles. The Morgan fingerprint density at radius 3 is 2.09 bits per heavy atom. The predicted octanol–water partition coefficient (Wildman–Crippen LogP) is 1.74. The van der Waals surface area contributed by atoms with Gasteiger partial charge >= 0.3 is 0 Å². The van der Waals surface area contributed by atoms with Crippen LogP contribution < -0.4 is 5.32 Å². The van der Waals surface area contributed by atoms with E-state index < -0.39 is 0 Å². The lowest BCUT2D eigenvalue weighted by Gasteiger charge is -2.20. The molecule has 0 saturated carbocycles. The zero-order valence-electron chi connectivity index (χ0n) is 7.93. The topological polar surface area (TPSA) is 32.3 Å². The molecule has 11 heavy (non-hydrogen) atoms. The fourth-order valence-electron chi connectivity index (χ4n) is 1.19. The third kappa shape index (κ3) is 4.38. The molecule has 0 spiro atoms. The van der Waals surface area contributed by atoms with Crippen molar-refractivity contribution in [2.24, 2.45) is 5.92 Å². The van der Waals surface area contributed by atoms with E-state index >= 15 is 0 Å². The van der Waals surface area contributed by atoms with E-state index in [9.17, 15) is 5.11 Å². The standard InChI is InChI=1S/C9H21NO/c1-4-7-10-9(11)8(5-2)6-3/h8-11H,4-7H2,1-3H3. The summed E-state index contributed by atoms with van der Waals surface area (Å²) < 4.78 is 0. The van der Waals surface area contributed by atoms with Crippen LogP contribution in [0.4, 0.5) is 0 Å². The summed E-state index contributed by atoms with van der Waals surface area (Å²) in [5, 5.41) is 12.6. The number of aliphatic hydroxyl groups excluding tert-OH is 1. The van der Waals surface area contributed by atoms with Crippen molar-refractivity contribution in [1.82, 2.24) is 5.32 Å². The van der Waals surface area contributed by atoms with Crippen molar-refractivity contribution < 1.29 is 5.11 Å². The first-order chi connectivity index (χ1) is 5.26. The van der Waals surface area contributed by atoms with Crippen LogP contribution in [-0.2, 0) is 0 Å². The molecule has 0 amide bonds. The first-order valence-electron chi connectivity index (χ1n) is 4.67. The molecule has 1 unspecified atom stereocenters. The highest BCUT2D eigenvalue weighted by Crippen LogP contribution is 2.10. The molecule has 2 nitrogen and oxygen atoms in total. The third-order valence-electron chi connectivity index (χ3n) is 2.10. The molecule has 2 heteroatoms. The predicted molar refractivity (Wildman–Crippen MR) is 48.4 cm³/mol. The van der Waals surface area contributed by atoms with Gasteiger partial charge in [0.2, 0.25) is 0 Å². The van der Waals surface area contributed by atoms with Crippen LogP contribution >= 0.6 is 0 Å². The second kappa shape index (κ2) is 6.62. The number of hydrogen-bond acceptors (Lipinski definition) is 2. The van der Waals surface area contributed by atoms with Gasteiger partial charge < -0.3 is 5.11 Å². The Bertz CT molecular complexity index is 81.6. The summed E-state index contributed by atoms with van der Waals surface area (Å²) in [5.74, 6) is 0.418. The van der Waals surface area contributed by atoms with Crippen molar-refractivity contribution in [1.29, 1.82) is 0 Å². The fraction of sp³-hybridized carbons (Fsp3) is 1.00. The number of nitrogens with one attached hydrogen (secondary N) is 1. The van der Waals surface area contributed by atoms with Crippen LogP contribution in [0.3, 0.4) is 0 Å². The molecule has 2 N–H and O–H groups in total. The Labute approximate surface area is 70.0 Å². The molecule has 0 radical (unpaired) electrons. The van der Waals surface area contributed by atoms with Crippen molar-refractivity contribution in [3.63, 3.8) is 0 Å². The van der Waals surface area contributed by atoms with Gasteiger partial charge in [-0.2, -0.15) is 0 Å². The molecule has 0 saturated heterocycles. The van der Waals surface area contributed by atoms with Gasteiger partial charge in [-0.15, -0.1) is 0 Å². The molecule has 0 heterocycles. The highest BCUT2D eigenvalue weighted by molar-refractivity contribution is 4.63. The number of rotatable bonds is 6. The molecular weight excluding hydrogens is 138 g/mol. The molecule has 0 bridgehead atoms. The Morgan fingerprint density at radius 2 is 1.73 bits per heavy atom. The van der Waals surface area contributed by atoms with Crippen LogP contribution in [-0.4, -0.2) is 17.9 Å². The average molecular weight is 159 g/mol. The molecule has 0 fully saturated rings. The molecule has 0 aromatic rings. The molecule has 0 rings (SSSR count). The normalized spacial score (nSPS) is 13.9. The van der Waals surface area contributed by atoms with E-state index in [1.807, 2.05) is 0 Å². The van der Waals surface area contributed by atoms with Gasteiger partial charge in [-0.3, -0.25) is 5.32 Å². The minimum absolute atomic E-state index is 0.301. The van der Waals surface area contributed by atoms with Crippen LogP contribution in [0.25, 0.3) is 0 Å². The smallest absolute Gasteiger partial charge is 0.107 e. The summed E-state index contributed by atoms with van der Waals surface area (Å²) in [6.07, 6.45) is 2.88. The lowest BCUT2D eigenvalue weighted by molar-refractivity contribution is 0.0707. The van der Waals surface area contributed by atoms with Gasteiger partial charge in [0.1, 0.15) is 6.23 Å². The molecule has 0 aliphatic rings. The second-order valence-electron chi connectivity index (χ2n) is 2.98. The summed E-state index contributed by atoms with van der Waals surface area (Å²) >= 11 is 0. The van der Waals surface area contributed by atoms with E-state index in [-0.39, 0.29) is 6.23 Å². The largest absolute Gasteiger partial charge is 0.378 e. The van der Waals surface area contributed by atoms with Crippen molar-refractivity contribution in [2.45, 2.75) is 46.3 Å². The molecular formula is C9H21NO. The summed E-state index contributed by atoms with van der Waals surface area (Å²) in [7, 11) is 0. The minimum Gasteiger partial charge on any atom is -0.378 e. The Hall–Kier alpha value is -0.0800. The van der Waals surface area contributed by atoms with Crippen LogP contribution in [0.5, 0.6) is 0 Å². The molecule has 1 atom stereocenters. The number of aliphatic hydroxyl groups is 1. The Kier molecular flexibility index (Phi) is 6.57. The van der Waals surface area contributed by atoms with Gasteiger partial charge in [-0.25, -0.2) is 0 Å². The monoisotopic (exact) mass is 159 g/mol. The highest BCUT2D eigenvalue weighted by atomic mass is 16.3. The lowest BCUT2D eigenvalue weighted by atomic mass is 10.0. The first kappa shape index (κ1) is 10.9. The van der Waals surface area contributed by atoms with Crippen LogP contribution in [0, 0.1) is 5.92 Å². The molecule has 0 aliphatic carbocycles. The van der Waals surface area contributed by atoms with E-state index in [2.05, 4.69) is 26.1 Å². The van der Waals surface area contributed by atoms with E-state index in [1.165, 1.54) is 0 Å². The van der Waals surface area contributed by atoms with E-state index in [4.69, 9.17) is 0 Å². The zero-order valence-corrected chi connectivity index (χ0v) is 7.93. The van der Waals surface area contributed by atoms with Crippen LogP contribution in [0.2, 0.25) is 0 Å². The van der Waals surface area contributed by atoms with E-state index in [1.54, 1.807) is 0 Å². The quantitative estimate of drug-likeness (QED) is 0.579. The Balaban J connectivity index is 3.51. The Morgan fingerprint density at radius 1 is 1.18 bits per heavy atom.